The second kappa shape index (κ2) is 8.08. The van der Waals surface area contributed by atoms with Gasteiger partial charge in [-0.25, -0.2) is 12.7 Å². The Morgan fingerprint density at radius 3 is 2.44 bits per heavy atom. The summed E-state index contributed by atoms with van der Waals surface area (Å²) in [4.78, 5) is 13.7. The van der Waals surface area contributed by atoms with Crippen LogP contribution >= 0.6 is 11.3 Å². The maximum atomic E-state index is 12.5. The number of thiophene rings is 1. The van der Waals surface area contributed by atoms with E-state index in [9.17, 15) is 13.2 Å². The Morgan fingerprint density at radius 1 is 1.15 bits per heavy atom. The van der Waals surface area contributed by atoms with Crippen molar-refractivity contribution >= 4 is 27.3 Å². The number of sulfonamides is 1. The van der Waals surface area contributed by atoms with Gasteiger partial charge in [0.1, 0.15) is 5.76 Å². The first-order valence-corrected chi connectivity index (χ1v) is 10.6. The molecule has 0 unspecified atom stereocenters. The largest absolute Gasteiger partial charge is 0.469 e. The van der Waals surface area contributed by atoms with Crippen LogP contribution in [0.3, 0.4) is 0 Å². The average Bonchev–Trinajstić information content (AvgIpc) is 3.36. The third kappa shape index (κ3) is 4.29. The Bertz CT molecular complexity index is 943. The zero-order chi connectivity index (χ0) is 19.4. The zero-order valence-corrected chi connectivity index (χ0v) is 16.6. The predicted molar refractivity (Wildman–Crippen MR) is 105 cm³/mol. The van der Waals surface area contributed by atoms with Gasteiger partial charge in [-0.2, -0.15) is 0 Å². The molecule has 1 amide bonds. The predicted octanol–water partition coefficient (Wildman–Crippen LogP) is 3.15. The lowest BCUT2D eigenvalue weighted by Crippen LogP contribution is -2.28. The standard InChI is InChI=1S/C19H20N2O4S2/c1-21(2)27(23,24)15-9-7-14(8-10-15)19(22)20-13-16(17-5-3-11-25-17)18-6-4-12-26-18/h3-12,16H,13H2,1-2H3,(H,20,22)/t16-/m1/s1. The van der Waals surface area contributed by atoms with Gasteiger partial charge in [-0.15, -0.1) is 11.3 Å². The molecule has 8 heteroatoms. The number of amides is 1. The molecule has 1 aromatic carbocycles. The van der Waals surface area contributed by atoms with Crippen LogP contribution in [0.15, 0.2) is 69.5 Å². The Balaban J connectivity index is 1.71. The first-order valence-electron chi connectivity index (χ1n) is 8.27. The Hall–Kier alpha value is -2.42. The van der Waals surface area contributed by atoms with Crippen LogP contribution < -0.4 is 5.32 Å². The third-order valence-electron chi connectivity index (χ3n) is 4.14. The van der Waals surface area contributed by atoms with Gasteiger partial charge < -0.3 is 9.73 Å². The van der Waals surface area contributed by atoms with Crippen molar-refractivity contribution in [2.75, 3.05) is 20.6 Å². The molecule has 142 valence electrons. The lowest BCUT2D eigenvalue weighted by Gasteiger charge is -2.15. The molecule has 1 N–H and O–H groups in total. The van der Waals surface area contributed by atoms with Crippen molar-refractivity contribution in [3.05, 3.63) is 76.4 Å². The quantitative estimate of drug-likeness (QED) is 0.656. The molecule has 3 aromatic rings. The van der Waals surface area contributed by atoms with E-state index in [-0.39, 0.29) is 16.7 Å². The molecule has 2 aromatic heterocycles. The van der Waals surface area contributed by atoms with Gasteiger partial charge in [0, 0.05) is 31.1 Å². The molecule has 1 atom stereocenters. The summed E-state index contributed by atoms with van der Waals surface area (Å²) in [6.45, 7) is 0.380. The lowest BCUT2D eigenvalue weighted by atomic mass is 10.0. The van der Waals surface area contributed by atoms with Gasteiger partial charge in [0.25, 0.3) is 5.91 Å². The normalized spacial score (nSPS) is 12.9. The van der Waals surface area contributed by atoms with Crippen LogP contribution in [0, 0.1) is 0 Å². The van der Waals surface area contributed by atoms with E-state index in [4.69, 9.17) is 4.42 Å². The molecule has 3 rings (SSSR count). The van der Waals surface area contributed by atoms with Crippen molar-refractivity contribution < 1.29 is 17.6 Å². The molecule has 0 spiro atoms. The summed E-state index contributed by atoms with van der Waals surface area (Å²) in [5.74, 6) is 0.444. The molecule has 2 heterocycles. The molecule has 0 fully saturated rings. The SMILES string of the molecule is CN(C)S(=O)(=O)c1ccc(C(=O)NC[C@H](c2ccco2)c2cccs2)cc1. The highest BCUT2D eigenvalue weighted by atomic mass is 32.2. The fourth-order valence-corrected chi connectivity index (χ4v) is 4.34. The number of hydrogen-bond acceptors (Lipinski definition) is 5. The highest BCUT2D eigenvalue weighted by Gasteiger charge is 2.20. The van der Waals surface area contributed by atoms with Gasteiger partial charge >= 0.3 is 0 Å². The number of furan rings is 1. The van der Waals surface area contributed by atoms with Crippen LogP contribution in [-0.2, 0) is 10.0 Å². The molecule has 0 bridgehead atoms. The van der Waals surface area contributed by atoms with Crippen LogP contribution in [0.2, 0.25) is 0 Å². The highest BCUT2D eigenvalue weighted by molar-refractivity contribution is 7.89. The van der Waals surface area contributed by atoms with Gasteiger partial charge in [-0.3, -0.25) is 4.79 Å². The second-order valence-electron chi connectivity index (χ2n) is 6.11. The van der Waals surface area contributed by atoms with Gasteiger partial charge in [0.15, 0.2) is 0 Å². The number of hydrogen-bond donors (Lipinski definition) is 1. The van der Waals surface area contributed by atoms with Crippen molar-refractivity contribution in [1.29, 1.82) is 0 Å². The smallest absolute Gasteiger partial charge is 0.251 e. The fourth-order valence-electron chi connectivity index (χ4n) is 2.61. The van der Waals surface area contributed by atoms with E-state index in [2.05, 4.69) is 5.32 Å². The molecular weight excluding hydrogens is 384 g/mol. The second-order valence-corrected chi connectivity index (χ2v) is 9.24. The number of carbonyl (C=O) groups excluding carboxylic acids is 1. The molecule has 0 aliphatic rings. The molecule has 0 saturated heterocycles. The van der Waals surface area contributed by atoms with E-state index in [0.717, 1.165) is 14.9 Å². The summed E-state index contributed by atoms with van der Waals surface area (Å²) in [5.41, 5.74) is 0.400. The summed E-state index contributed by atoms with van der Waals surface area (Å²) < 4.78 is 30.9. The van der Waals surface area contributed by atoms with Crippen molar-refractivity contribution in [1.82, 2.24) is 9.62 Å². The molecular formula is C19H20N2O4S2. The minimum atomic E-state index is -3.51. The van der Waals surface area contributed by atoms with Gasteiger partial charge in [-0.05, 0) is 47.8 Å². The van der Waals surface area contributed by atoms with Crippen LogP contribution in [0.5, 0.6) is 0 Å². The van der Waals surface area contributed by atoms with E-state index in [1.54, 1.807) is 17.6 Å². The van der Waals surface area contributed by atoms with Gasteiger partial charge in [-0.1, -0.05) is 6.07 Å². The fraction of sp³-hybridized carbons (Fsp3) is 0.211. The highest BCUT2D eigenvalue weighted by Crippen LogP contribution is 2.28. The van der Waals surface area contributed by atoms with Crippen molar-refractivity contribution in [3.8, 4) is 0 Å². The molecule has 27 heavy (non-hydrogen) atoms. The molecule has 0 saturated carbocycles. The average molecular weight is 405 g/mol. The maximum absolute atomic E-state index is 12.5. The van der Waals surface area contributed by atoms with Crippen LogP contribution in [-0.4, -0.2) is 39.3 Å². The van der Waals surface area contributed by atoms with Crippen LogP contribution in [0.4, 0.5) is 0 Å². The summed E-state index contributed by atoms with van der Waals surface area (Å²) in [5, 5.41) is 4.89. The van der Waals surface area contributed by atoms with Crippen LogP contribution in [0.25, 0.3) is 0 Å². The summed E-state index contributed by atoms with van der Waals surface area (Å²) in [6, 6.07) is 13.6. The Labute approximate surface area is 162 Å². The zero-order valence-electron chi connectivity index (χ0n) is 15.0. The number of carbonyl (C=O) groups is 1. The molecule has 6 nitrogen and oxygen atoms in total. The summed E-state index contributed by atoms with van der Waals surface area (Å²) in [6.07, 6.45) is 1.61. The number of benzene rings is 1. The first kappa shape index (κ1) is 19.3. The van der Waals surface area contributed by atoms with Crippen molar-refractivity contribution in [2.24, 2.45) is 0 Å². The Kier molecular flexibility index (Phi) is 5.79. The Morgan fingerprint density at radius 2 is 1.89 bits per heavy atom. The minimum Gasteiger partial charge on any atom is -0.469 e. The third-order valence-corrected chi connectivity index (χ3v) is 6.95. The first-order chi connectivity index (χ1) is 12.9. The number of nitrogens with zero attached hydrogens (tertiary/aromatic N) is 1. The molecule has 0 aliphatic heterocycles. The van der Waals surface area contributed by atoms with Gasteiger partial charge in [0.05, 0.1) is 17.1 Å². The molecule has 0 aliphatic carbocycles. The van der Waals surface area contributed by atoms with Gasteiger partial charge in [0.2, 0.25) is 10.0 Å². The maximum Gasteiger partial charge on any atom is 0.251 e. The van der Waals surface area contributed by atoms with E-state index in [1.165, 1.54) is 38.4 Å². The summed E-state index contributed by atoms with van der Waals surface area (Å²) >= 11 is 1.60. The van der Waals surface area contributed by atoms with Crippen molar-refractivity contribution in [3.63, 3.8) is 0 Å². The topological polar surface area (TPSA) is 79.6 Å². The van der Waals surface area contributed by atoms with E-state index in [0.29, 0.717) is 12.1 Å². The monoisotopic (exact) mass is 404 g/mol. The van der Waals surface area contributed by atoms with Crippen molar-refractivity contribution in [2.45, 2.75) is 10.8 Å². The van der Waals surface area contributed by atoms with E-state index < -0.39 is 10.0 Å². The summed E-state index contributed by atoms with van der Waals surface area (Å²) in [7, 11) is -0.579. The number of rotatable bonds is 7. The van der Waals surface area contributed by atoms with E-state index in [1.807, 2.05) is 29.6 Å². The van der Waals surface area contributed by atoms with E-state index >= 15 is 0 Å². The minimum absolute atomic E-state index is 0.0719. The lowest BCUT2D eigenvalue weighted by molar-refractivity contribution is 0.0952. The number of nitrogens with one attached hydrogen (secondary N) is 1. The van der Waals surface area contributed by atoms with Crippen LogP contribution in [0.1, 0.15) is 26.9 Å². The molecule has 0 radical (unpaired) electrons.